The van der Waals surface area contributed by atoms with Crippen molar-refractivity contribution in [3.63, 3.8) is 0 Å². The third kappa shape index (κ3) is 2.93. The van der Waals surface area contributed by atoms with Gasteiger partial charge >= 0.3 is 0 Å². The highest BCUT2D eigenvalue weighted by atomic mass is 32.2. The number of methoxy groups -OCH3 is 1. The average Bonchev–Trinajstić information content (AvgIpc) is 2.35. The zero-order chi connectivity index (χ0) is 13.1. The van der Waals surface area contributed by atoms with Crippen molar-refractivity contribution < 1.29 is 4.74 Å². The number of thioether (sulfide) groups is 1. The van der Waals surface area contributed by atoms with Crippen LogP contribution in [0.4, 0.5) is 5.69 Å². The van der Waals surface area contributed by atoms with Crippen LogP contribution in [0, 0.1) is 0 Å². The van der Waals surface area contributed by atoms with Gasteiger partial charge in [-0.05, 0) is 25.1 Å². The molecule has 0 spiro atoms. The van der Waals surface area contributed by atoms with E-state index in [1.54, 1.807) is 7.11 Å². The van der Waals surface area contributed by atoms with Crippen molar-refractivity contribution in [3.05, 3.63) is 23.8 Å². The molecule has 0 saturated carbocycles. The highest BCUT2D eigenvalue weighted by molar-refractivity contribution is 8.00. The molecule has 1 heterocycles. The summed E-state index contributed by atoms with van der Waals surface area (Å²) < 4.78 is 5.42. The second-order valence-electron chi connectivity index (χ2n) is 4.86. The lowest BCUT2D eigenvalue weighted by Crippen LogP contribution is -2.44. The molecule has 1 fully saturated rings. The SMILES string of the molecule is COc1ccc(N)cc1CN1CCSC(C)C1C. The van der Waals surface area contributed by atoms with Crippen LogP contribution in [0.25, 0.3) is 0 Å². The van der Waals surface area contributed by atoms with Crippen LogP contribution in [-0.2, 0) is 6.54 Å². The van der Waals surface area contributed by atoms with Crippen molar-refractivity contribution in [2.45, 2.75) is 31.7 Å². The fraction of sp³-hybridized carbons (Fsp3) is 0.571. The van der Waals surface area contributed by atoms with E-state index in [0.717, 1.165) is 24.5 Å². The summed E-state index contributed by atoms with van der Waals surface area (Å²) in [5, 5.41) is 0.686. The van der Waals surface area contributed by atoms with Crippen LogP contribution in [0.3, 0.4) is 0 Å². The summed E-state index contributed by atoms with van der Waals surface area (Å²) in [7, 11) is 1.72. The van der Waals surface area contributed by atoms with Crippen LogP contribution in [-0.4, -0.2) is 35.6 Å². The van der Waals surface area contributed by atoms with Gasteiger partial charge in [0.05, 0.1) is 7.11 Å². The summed E-state index contributed by atoms with van der Waals surface area (Å²) in [6.07, 6.45) is 0. The topological polar surface area (TPSA) is 38.5 Å². The van der Waals surface area contributed by atoms with E-state index in [-0.39, 0.29) is 0 Å². The van der Waals surface area contributed by atoms with Crippen LogP contribution in [0.5, 0.6) is 5.75 Å². The molecule has 2 rings (SSSR count). The quantitative estimate of drug-likeness (QED) is 0.854. The molecule has 1 aromatic rings. The van der Waals surface area contributed by atoms with Gasteiger partial charge < -0.3 is 10.5 Å². The van der Waals surface area contributed by atoms with Gasteiger partial charge in [0.15, 0.2) is 0 Å². The van der Waals surface area contributed by atoms with Gasteiger partial charge in [-0.3, -0.25) is 4.90 Å². The lowest BCUT2D eigenvalue weighted by molar-refractivity contribution is 0.202. The molecule has 0 bridgehead atoms. The Hall–Kier alpha value is -0.870. The fourth-order valence-electron chi connectivity index (χ4n) is 2.36. The van der Waals surface area contributed by atoms with Crippen LogP contribution < -0.4 is 10.5 Å². The lowest BCUT2D eigenvalue weighted by atomic mass is 10.1. The zero-order valence-corrected chi connectivity index (χ0v) is 12.2. The Kier molecular flexibility index (Phi) is 4.40. The van der Waals surface area contributed by atoms with Gasteiger partial charge in [0.25, 0.3) is 0 Å². The highest BCUT2D eigenvalue weighted by Gasteiger charge is 2.25. The summed E-state index contributed by atoms with van der Waals surface area (Å²) in [6, 6.07) is 6.46. The molecule has 18 heavy (non-hydrogen) atoms. The van der Waals surface area contributed by atoms with Gasteiger partial charge in [0.1, 0.15) is 5.75 Å². The van der Waals surface area contributed by atoms with Crippen molar-refractivity contribution in [2.24, 2.45) is 0 Å². The Balaban J connectivity index is 2.15. The lowest BCUT2D eigenvalue weighted by Gasteiger charge is -2.37. The van der Waals surface area contributed by atoms with Crippen molar-refractivity contribution in [1.29, 1.82) is 0 Å². The minimum Gasteiger partial charge on any atom is -0.496 e. The molecule has 0 aliphatic carbocycles. The molecule has 0 amide bonds. The van der Waals surface area contributed by atoms with Crippen molar-refractivity contribution in [3.8, 4) is 5.75 Å². The van der Waals surface area contributed by atoms with E-state index in [9.17, 15) is 0 Å². The molecule has 1 saturated heterocycles. The molecule has 1 aliphatic rings. The van der Waals surface area contributed by atoms with Crippen molar-refractivity contribution in [1.82, 2.24) is 4.90 Å². The smallest absolute Gasteiger partial charge is 0.123 e. The third-order valence-corrected chi connectivity index (χ3v) is 5.03. The molecule has 0 aromatic heterocycles. The van der Waals surface area contributed by atoms with Crippen LogP contribution in [0.1, 0.15) is 19.4 Å². The standard InChI is InChI=1S/C14H22N2OS/c1-10-11(2)18-7-6-16(10)9-12-8-13(15)4-5-14(12)17-3/h4-5,8,10-11H,6-7,9,15H2,1-3H3. The van der Waals surface area contributed by atoms with E-state index in [0.29, 0.717) is 11.3 Å². The van der Waals surface area contributed by atoms with Gasteiger partial charge in [-0.1, -0.05) is 6.92 Å². The molecular formula is C14H22N2OS. The Morgan fingerprint density at radius 2 is 2.22 bits per heavy atom. The predicted molar refractivity (Wildman–Crippen MR) is 79.2 cm³/mol. The van der Waals surface area contributed by atoms with E-state index in [2.05, 4.69) is 30.5 Å². The van der Waals surface area contributed by atoms with Gasteiger partial charge in [-0.2, -0.15) is 11.8 Å². The van der Waals surface area contributed by atoms with E-state index in [1.807, 2.05) is 18.2 Å². The van der Waals surface area contributed by atoms with Crippen LogP contribution >= 0.6 is 11.8 Å². The molecular weight excluding hydrogens is 244 g/mol. The molecule has 100 valence electrons. The predicted octanol–water partition coefficient (Wildman–Crippen LogP) is 2.60. The minimum absolute atomic E-state index is 0.592. The summed E-state index contributed by atoms with van der Waals surface area (Å²) in [6.45, 7) is 6.65. The average molecular weight is 266 g/mol. The maximum absolute atomic E-state index is 5.87. The first-order valence-corrected chi connectivity index (χ1v) is 7.44. The molecule has 3 nitrogen and oxygen atoms in total. The normalized spacial score (nSPS) is 25.1. The third-order valence-electron chi connectivity index (χ3n) is 3.69. The number of benzene rings is 1. The number of rotatable bonds is 3. The first-order valence-electron chi connectivity index (χ1n) is 6.40. The summed E-state index contributed by atoms with van der Waals surface area (Å²) in [5.41, 5.74) is 7.86. The number of anilines is 1. The number of hydrogen-bond acceptors (Lipinski definition) is 4. The number of nitrogen functional groups attached to an aromatic ring is 1. The van der Waals surface area contributed by atoms with Crippen LogP contribution in [0.15, 0.2) is 18.2 Å². The second-order valence-corrected chi connectivity index (χ2v) is 6.34. The van der Waals surface area contributed by atoms with Crippen LogP contribution in [0.2, 0.25) is 0 Å². The Bertz CT molecular complexity index is 411. The minimum atomic E-state index is 0.592. The molecule has 2 atom stereocenters. The summed E-state index contributed by atoms with van der Waals surface area (Å²) in [5.74, 6) is 2.14. The molecule has 0 radical (unpaired) electrons. The maximum atomic E-state index is 5.87. The van der Waals surface area contributed by atoms with Gasteiger partial charge in [0, 0.05) is 41.4 Å². The Morgan fingerprint density at radius 3 is 2.94 bits per heavy atom. The Labute approximate surface area is 114 Å². The number of ether oxygens (including phenoxy) is 1. The summed E-state index contributed by atoms with van der Waals surface area (Å²) in [4.78, 5) is 2.51. The zero-order valence-electron chi connectivity index (χ0n) is 11.3. The molecule has 4 heteroatoms. The van der Waals surface area contributed by atoms with E-state index < -0.39 is 0 Å². The first kappa shape index (κ1) is 13.6. The van der Waals surface area contributed by atoms with Crippen molar-refractivity contribution >= 4 is 17.4 Å². The molecule has 1 aliphatic heterocycles. The van der Waals surface area contributed by atoms with E-state index >= 15 is 0 Å². The first-order chi connectivity index (χ1) is 8.61. The van der Waals surface area contributed by atoms with Gasteiger partial charge in [-0.15, -0.1) is 0 Å². The Morgan fingerprint density at radius 1 is 1.44 bits per heavy atom. The largest absolute Gasteiger partial charge is 0.496 e. The van der Waals surface area contributed by atoms with E-state index in [4.69, 9.17) is 10.5 Å². The number of nitrogens with two attached hydrogens (primary N) is 1. The maximum Gasteiger partial charge on any atom is 0.123 e. The van der Waals surface area contributed by atoms with Crippen molar-refractivity contribution in [2.75, 3.05) is 25.1 Å². The second kappa shape index (κ2) is 5.85. The molecule has 1 aromatic carbocycles. The summed E-state index contributed by atoms with van der Waals surface area (Å²) >= 11 is 2.06. The number of hydrogen-bond donors (Lipinski definition) is 1. The monoisotopic (exact) mass is 266 g/mol. The molecule has 2 unspecified atom stereocenters. The fourth-order valence-corrected chi connectivity index (χ4v) is 3.52. The molecule has 2 N–H and O–H groups in total. The highest BCUT2D eigenvalue weighted by Crippen LogP contribution is 2.28. The van der Waals surface area contributed by atoms with Gasteiger partial charge in [0.2, 0.25) is 0 Å². The van der Waals surface area contributed by atoms with E-state index in [1.165, 1.54) is 11.3 Å². The number of nitrogens with zero attached hydrogens (tertiary/aromatic N) is 1. The van der Waals surface area contributed by atoms with Gasteiger partial charge in [-0.25, -0.2) is 0 Å².